The summed E-state index contributed by atoms with van der Waals surface area (Å²) < 4.78 is 1.62. The van der Waals surface area contributed by atoms with Gasteiger partial charge in [-0.2, -0.15) is 5.10 Å². The number of carbonyl (C=O) groups excluding carboxylic acids is 1. The molecule has 2 rings (SSSR count). The second-order valence-electron chi connectivity index (χ2n) is 4.54. The van der Waals surface area contributed by atoms with Gasteiger partial charge < -0.3 is 10.4 Å². The molecule has 0 spiro atoms. The summed E-state index contributed by atoms with van der Waals surface area (Å²) in [6.07, 6.45) is -0.850. The van der Waals surface area contributed by atoms with Gasteiger partial charge in [0.1, 0.15) is 5.69 Å². The summed E-state index contributed by atoms with van der Waals surface area (Å²) in [5.74, 6) is -0.320. The third-order valence-electron chi connectivity index (χ3n) is 3.07. The predicted octanol–water partition coefficient (Wildman–Crippen LogP) is 1.85. The zero-order valence-electron chi connectivity index (χ0n) is 11.3. The van der Waals surface area contributed by atoms with Crippen molar-refractivity contribution < 1.29 is 9.90 Å². The quantitative estimate of drug-likeness (QED) is 0.904. The molecule has 0 saturated carbocycles. The number of carbonyl (C=O) groups is 1. The van der Waals surface area contributed by atoms with Crippen molar-refractivity contribution in [2.24, 2.45) is 7.05 Å². The highest BCUT2D eigenvalue weighted by Gasteiger charge is 2.15. The van der Waals surface area contributed by atoms with Crippen molar-refractivity contribution >= 4 is 17.5 Å². The summed E-state index contributed by atoms with van der Waals surface area (Å²) in [5.41, 5.74) is 1.81. The van der Waals surface area contributed by atoms with Gasteiger partial charge in [-0.15, -0.1) is 0 Å². The van der Waals surface area contributed by atoms with Gasteiger partial charge in [0, 0.05) is 29.9 Å². The van der Waals surface area contributed by atoms with Crippen LogP contribution < -0.4 is 5.32 Å². The fourth-order valence-electron chi connectivity index (χ4n) is 1.81. The summed E-state index contributed by atoms with van der Waals surface area (Å²) >= 11 is 5.99. The number of benzene rings is 1. The van der Waals surface area contributed by atoms with Crippen LogP contribution in [0.4, 0.5) is 0 Å². The van der Waals surface area contributed by atoms with Gasteiger partial charge >= 0.3 is 0 Å². The minimum Gasteiger partial charge on any atom is -0.387 e. The van der Waals surface area contributed by atoms with Gasteiger partial charge in [-0.25, -0.2) is 0 Å². The molecule has 1 aromatic heterocycles. The molecule has 5 nitrogen and oxygen atoms in total. The van der Waals surface area contributed by atoms with E-state index in [0.717, 1.165) is 5.69 Å². The molecule has 0 aliphatic heterocycles. The molecular weight excluding hydrogens is 278 g/mol. The molecule has 1 atom stereocenters. The Hall–Kier alpha value is -1.85. The Kier molecular flexibility index (Phi) is 4.42. The number of aliphatic hydroxyl groups excluding tert-OH is 1. The minimum atomic E-state index is -0.850. The third-order valence-corrected chi connectivity index (χ3v) is 3.41. The second kappa shape index (κ2) is 6.07. The fraction of sp³-hybridized carbons (Fsp3) is 0.286. The highest BCUT2D eigenvalue weighted by Crippen LogP contribution is 2.21. The Morgan fingerprint density at radius 3 is 2.80 bits per heavy atom. The van der Waals surface area contributed by atoms with E-state index in [-0.39, 0.29) is 12.5 Å². The summed E-state index contributed by atoms with van der Waals surface area (Å²) in [6.45, 7) is 1.94. The van der Waals surface area contributed by atoms with Gasteiger partial charge in [0.25, 0.3) is 5.91 Å². The molecule has 6 heteroatoms. The standard InChI is InChI=1S/C14H16ClN3O2/c1-9-7-12(17-18(9)2)14(20)16-8-13(19)10-5-3-4-6-11(10)15/h3-7,13,19H,8H2,1-2H3,(H,16,20). The highest BCUT2D eigenvalue weighted by atomic mass is 35.5. The van der Waals surface area contributed by atoms with E-state index in [1.54, 1.807) is 42.1 Å². The van der Waals surface area contributed by atoms with Crippen molar-refractivity contribution in [3.8, 4) is 0 Å². The van der Waals surface area contributed by atoms with Crippen LogP contribution in [-0.2, 0) is 7.05 Å². The average Bonchev–Trinajstić information content (AvgIpc) is 2.76. The number of aromatic nitrogens is 2. The van der Waals surface area contributed by atoms with Gasteiger partial charge in [-0.3, -0.25) is 9.48 Å². The number of rotatable bonds is 4. The number of aliphatic hydroxyl groups is 1. The van der Waals surface area contributed by atoms with Crippen LogP contribution in [0.5, 0.6) is 0 Å². The third kappa shape index (κ3) is 3.18. The van der Waals surface area contributed by atoms with Gasteiger partial charge in [0.15, 0.2) is 0 Å². The first-order chi connectivity index (χ1) is 9.49. The summed E-state index contributed by atoms with van der Waals surface area (Å²) in [5, 5.41) is 17.2. The number of halogens is 1. The molecule has 2 aromatic rings. The molecule has 0 saturated heterocycles. The lowest BCUT2D eigenvalue weighted by molar-refractivity contribution is 0.0910. The van der Waals surface area contributed by atoms with E-state index in [2.05, 4.69) is 10.4 Å². The maximum absolute atomic E-state index is 11.9. The Labute approximate surface area is 122 Å². The van der Waals surface area contributed by atoms with Crippen LogP contribution in [0.25, 0.3) is 0 Å². The zero-order chi connectivity index (χ0) is 14.7. The number of hydrogen-bond donors (Lipinski definition) is 2. The molecule has 20 heavy (non-hydrogen) atoms. The van der Waals surface area contributed by atoms with E-state index in [0.29, 0.717) is 16.3 Å². The van der Waals surface area contributed by atoms with Gasteiger partial charge in [0.05, 0.1) is 6.10 Å². The van der Waals surface area contributed by atoms with Crippen molar-refractivity contribution in [1.29, 1.82) is 0 Å². The van der Waals surface area contributed by atoms with Crippen LogP contribution in [0.1, 0.15) is 27.8 Å². The first kappa shape index (κ1) is 14.6. The molecule has 1 unspecified atom stereocenters. The van der Waals surface area contributed by atoms with Crippen LogP contribution in [-0.4, -0.2) is 27.3 Å². The maximum atomic E-state index is 11.9. The molecule has 0 bridgehead atoms. The largest absolute Gasteiger partial charge is 0.387 e. The molecule has 0 fully saturated rings. The Morgan fingerprint density at radius 2 is 2.20 bits per heavy atom. The van der Waals surface area contributed by atoms with Gasteiger partial charge in [-0.1, -0.05) is 29.8 Å². The van der Waals surface area contributed by atoms with Crippen LogP contribution in [0, 0.1) is 6.92 Å². The van der Waals surface area contributed by atoms with Crippen molar-refractivity contribution in [2.75, 3.05) is 6.54 Å². The van der Waals surface area contributed by atoms with Crippen LogP contribution >= 0.6 is 11.6 Å². The van der Waals surface area contributed by atoms with E-state index in [9.17, 15) is 9.90 Å². The van der Waals surface area contributed by atoms with E-state index in [1.165, 1.54) is 0 Å². The molecule has 1 aromatic carbocycles. The topological polar surface area (TPSA) is 67.2 Å². The van der Waals surface area contributed by atoms with Crippen LogP contribution in [0.2, 0.25) is 5.02 Å². The molecule has 1 amide bonds. The molecule has 0 aliphatic carbocycles. The summed E-state index contributed by atoms with van der Waals surface area (Å²) in [4.78, 5) is 11.9. The number of amides is 1. The lowest BCUT2D eigenvalue weighted by atomic mass is 10.1. The fourth-order valence-corrected chi connectivity index (χ4v) is 2.07. The van der Waals surface area contributed by atoms with Crippen LogP contribution in [0.3, 0.4) is 0 Å². The smallest absolute Gasteiger partial charge is 0.271 e. The maximum Gasteiger partial charge on any atom is 0.271 e. The average molecular weight is 294 g/mol. The normalized spacial score (nSPS) is 12.2. The Balaban J connectivity index is 1.98. The number of nitrogens with one attached hydrogen (secondary N) is 1. The lowest BCUT2D eigenvalue weighted by Crippen LogP contribution is -2.28. The monoisotopic (exact) mass is 293 g/mol. The molecule has 2 N–H and O–H groups in total. The number of nitrogens with zero attached hydrogens (tertiary/aromatic N) is 2. The summed E-state index contributed by atoms with van der Waals surface area (Å²) in [6, 6.07) is 8.69. The number of aryl methyl sites for hydroxylation is 2. The Morgan fingerprint density at radius 1 is 1.50 bits per heavy atom. The lowest BCUT2D eigenvalue weighted by Gasteiger charge is -2.13. The molecule has 0 aliphatic rings. The Bertz CT molecular complexity index is 605. The molecular formula is C14H16ClN3O2. The first-order valence-electron chi connectivity index (χ1n) is 6.20. The predicted molar refractivity (Wildman–Crippen MR) is 76.7 cm³/mol. The molecule has 106 valence electrons. The molecule has 0 radical (unpaired) electrons. The van der Waals surface area contributed by atoms with Crippen molar-refractivity contribution in [3.63, 3.8) is 0 Å². The first-order valence-corrected chi connectivity index (χ1v) is 6.58. The molecule has 1 heterocycles. The van der Waals surface area contributed by atoms with E-state index >= 15 is 0 Å². The summed E-state index contributed by atoms with van der Waals surface area (Å²) in [7, 11) is 1.77. The van der Waals surface area contributed by atoms with Crippen molar-refractivity contribution in [2.45, 2.75) is 13.0 Å². The van der Waals surface area contributed by atoms with E-state index < -0.39 is 6.10 Å². The zero-order valence-corrected chi connectivity index (χ0v) is 12.1. The van der Waals surface area contributed by atoms with E-state index in [4.69, 9.17) is 11.6 Å². The van der Waals surface area contributed by atoms with E-state index in [1.807, 2.05) is 6.92 Å². The van der Waals surface area contributed by atoms with Crippen LogP contribution in [0.15, 0.2) is 30.3 Å². The van der Waals surface area contributed by atoms with Gasteiger partial charge in [-0.05, 0) is 19.1 Å². The number of hydrogen-bond acceptors (Lipinski definition) is 3. The SMILES string of the molecule is Cc1cc(C(=O)NCC(O)c2ccccc2Cl)nn1C. The van der Waals surface area contributed by atoms with Crippen molar-refractivity contribution in [1.82, 2.24) is 15.1 Å². The minimum absolute atomic E-state index is 0.0815. The van der Waals surface area contributed by atoms with Gasteiger partial charge in [0.2, 0.25) is 0 Å². The second-order valence-corrected chi connectivity index (χ2v) is 4.95. The highest BCUT2D eigenvalue weighted by molar-refractivity contribution is 6.31. The van der Waals surface area contributed by atoms with Crippen molar-refractivity contribution in [3.05, 3.63) is 52.3 Å².